The van der Waals surface area contributed by atoms with Gasteiger partial charge in [-0.2, -0.15) is 4.31 Å². The second-order valence-electron chi connectivity index (χ2n) is 7.79. The van der Waals surface area contributed by atoms with Gasteiger partial charge in [-0.1, -0.05) is 25.5 Å². The summed E-state index contributed by atoms with van der Waals surface area (Å²) in [6.45, 7) is 2.47. The molecule has 2 aromatic rings. The number of hydrogen-bond donors (Lipinski definition) is 1. The summed E-state index contributed by atoms with van der Waals surface area (Å²) in [5, 5.41) is 2.89. The molecule has 31 heavy (non-hydrogen) atoms. The molecule has 1 N–H and O–H groups in total. The zero-order chi connectivity index (χ0) is 22.4. The number of unbranched alkanes of at least 4 members (excludes halogenated alkanes) is 1. The quantitative estimate of drug-likeness (QED) is 0.656. The summed E-state index contributed by atoms with van der Waals surface area (Å²) >= 11 is 0. The van der Waals surface area contributed by atoms with Crippen LogP contribution in [0.2, 0.25) is 0 Å². The van der Waals surface area contributed by atoms with Gasteiger partial charge in [0.2, 0.25) is 15.9 Å². The fourth-order valence-corrected chi connectivity index (χ4v) is 5.44. The van der Waals surface area contributed by atoms with Gasteiger partial charge in [-0.3, -0.25) is 4.79 Å². The number of aryl methyl sites for hydroxylation is 1. The molecule has 168 valence electrons. The fourth-order valence-electron chi connectivity index (χ4n) is 3.75. The third kappa shape index (κ3) is 5.62. The van der Waals surface area contributed by atoms with Crippen molar-refractivity contribution >= 4 is 21.6 Å². The first-order chi connectivity index (χ1) is 14.8. The molecular weight excluding hydrogens is 419 g/mol. The smallest absolute Gasteiger partial charge is 0.246 e. The van der Waals surface area contributed by atoms with E-state index >= 15 is 0 Å². The SMILES string of the molecule is CCCCc1ccc(NC(=O)[C@@H]2CCCN(S(=O)(=O)c3cc(F)ccc3OC)C2)cc1. The van der Waals surface area contributed by atoms with E-state index in [1.807, 2.05) is 24.3 Å². The number of piperidine rings is 1. The Morgan fingerprint density at radius 1 is 1.23 bits per heavy atom. The number of methoxy groups -OCH3 is 1. The minimum Gasteiger partial charge on any atom is -0.495 e. The van der Waals surface area contributed by atoms with Crippen molar-refractivity contribution in [3.05, 3.63) is 53.8 Å². The van der Waals surface area contributed by atoms with E-state index in [1.54, 1.807) is 0 Å². The maximum absolute atomic E-state index is 13.7. The Morgan fingerprint density at radius 2 is 1.97 bits per heavy atom. The summed E-state index contributed by atoms with van der Waals surface area (Å²) < 4.78 is 46.3. The predicted octanol–water partition coefficient (Wildman–Crippen LogP) is 4.22. The van der Waals surface area contributed by atoms with Crippen LogP contribution in [0.3, 0.4) is 0 Å². The molecule has 1 heterocycles. The number of nitrogens with zero attached hydrogens (tertiary/aromatic N) is 1. The van der Waals surface area contributed by atoms with E-state index in [4.69, 9.17) is 4.74 Å². The molecule has 6 nitrogen and oxygen atoms in total. The minimum atomic E-state index is -3.99. The Hall–Kier alpha value is -2.45. The van der Waals surface area contributed by atoms with Crippen LogP contribution in [0, 0.1) is 11.7 Å². The van der Waals surface area contributed by atoms with Gasteiger partial charge in [0, 0.05) is 18.8 Å². The highest BCUT2D eigenvalue weighted by Crippen LogP contribution is 2.30. The van der Waals surface area contributed by atoms with Crippen molar-refractivity contribution in [3.8, 4) is 5.75 Å². The van der Waals surface area contributed by atoms with Crippen LogP contribution >= 0.6 is 0 Å². The molecule has 1 aliphatic rings. The minimum absolute atomic E-state index is 0.0441. The lowest BCUT2D eigenvalue weighted by molar-refractivity contribution is -0.120. The van der Waals surface area contributed by atoms with Crippen molar-refractivity contribution in [2.75, 3.05) is 25.5 Å². The lowest BCUT2D eigenvalue weighted by Gasteiger charge is -2.31. The number of nitrogens with one attached hydrogen (secondary N) is 1. The van der Waals surface area contributed by atoms with Gasteiger partial charge in [0.1, 0.15) is 16.5 Å². The van der Waals surface area contributed by atoms with Crippen LogP contribution in [0.25, 0.3) is 0 Å². The highest BCUT2D eigenvalue weighted by molar-refractivity contribution is 7.89. The highest BCUT2D eigenvalue weighted by atomic mass is 32.2. The second-order valence-corrected chi connectivity index (χ2v) is 9.69. The molecule has 1 fully saturated rings. The standard InChI is InChI=1S/C23H29FN2O4S/c1-3-4-6-17-8-11-20(12-9-17)25-23(27)18-7-5-14-26(16-18)31(28,29)22-15-19(24)10-13-21(22)30-2/h8-13,15,18H,3-7,14,16H2,1-2H3,(H,25,27)/t18-/m1/s1. The Balaban J connectivity index is 1.70. The van der Waals surface area contributed by atoms with E-state index in [0.29, 0.717) is 18.5 Å². The largest absolute Gasteiger partial charge is 0.495 e. The highest BCUT2D eigenvalue weighted by Gasteiger charge is 2.35. The van der Waals surface area contributed by atoms with Crippen LogP contribution in [-0.2, 0) is 21.2 Å². The van der Waals surface area contributed by atoms with E-state index in [0.717, 1.165) is 31.4 Å². The van der Waals surface area contributed by atoms with Gasteiger partial charge in [-0.05, 0) is 61.6 Å². The first kappa shape index (κ1) is 23.2. The number of ether oxygens (including phenoxy) is 1. The summed E-state index contributed by atoms with van der Waals surface area (Å²) in [4.78, 5) is 12.6. The number of anilines is 1. The topological polar surface area (TPSA) is 75.7 Å². The van der Waals surface area contributed by atoms with Crippen LogP contribution in [-0.4, -0.2) is 38.8 Å². The Morgan fingerprint density at radius 3 is 2.65 bits per heavy atom. The van der Waals surface area contributed by atoms with Crippen molar-refractivity contribution in [2.45, 2.75) is 43.9 Å². The van der Waals surface area contributed by atoms with E-state index in [1.165, 1.54) is 23.0 Å². The third-order valence-corrected chi connectivity index (χ3v) is 7.43. The van der Waals surface area contributed by atoms with Crippen LogP contribution in [0.1, 0.15) is 38.2 Å². The van der Waals surface area contributed by atoms with Crippen LogP contribution in [0.4, 0.5) is 10.1 Å². The molecule has 0 saturated carbocycles. The monoisotopic (exact) mass is 448 g/mol. The van der Waals surface area contributed by atoms with Gasteiger partial charge in [0.05, 0.1) is 13.0 Å². The maximum atomic E-state index is 13.7. The number of halogens is 1. The zero-order valence-corrected chi connectivity index (χ0v) is 18.8. The number of amides is 1. The molecule has 0 radical (unpaired) electrons. The van der Waals surface area contributed by atoms with Crippen molar-refractivity contribution < 1.29 is 22.3 Å². The number of rotatable bonds is 8. The molecule has 0 aromatic heterocycles. The van der Waals surface area contributed by atoms with Crippen LogP contribution in [0.15, 0.2) is 47.4 Å². The molecule has 0 aliphatic carbocycles. The summed E-state index contributed by atoms with van der Waals surface area (Å²) in [6.07, 6.45) is 4.39. The number of carbonyl (C=O) groups is 1. The summed E-state index contributed by atoms with van der Waals surface area (Å²) in [5.74, 6) is -1.28. The van der Waals surface area contributed by atoms with Crippen molar-refractivity contribution in [2.24, 2.45) is 5.92 Å². The molecule has 3 rings (SSSR count). The van der Waals surface area contributed by atoms with Gasteiger partial charge >= 0.3 is 0 Å². The molecule has 0 bridgehead atoms. The second kappa shape index (κ2) is 10.2. The molecule has 1 saturated heterocycles. The number of benzene rings is 2. The van der Waals surface area contributed by atoms with Crippen LogP contribution in [0.5, 0.6) is 5.75 Å². The Bertz CT molecular complexity index is 1010. The molecule has 8 heteroatoms. The average Bonchev–Trinajstić information content (AvgIpc) is 2.78. The van der Waals surface area contributed by atoms with E-state index in [-0.39, 0.29) is 29.6 Å². The van der Waals surface area contributed by atoms with E-state index < -0.39 is 21.8 Å². The fraction of sp³-hybridized carbons (Fsp3) is 0.435. The molecular formula is C23H29FN2O4S. The van der Waals surface area contributed by atoms with E-state index in [2.05, 4.69) is 12.2 Å². The van der Waals surface area contributed by atoms with Crippen molar-refractivity contribution in [3.63, 3.8) is 0 Å². The third-order valence-electron chi connectivity index (χ3n) is 5.54. The molecule has 0 spiro atoms. The van der Waals surface area contributed by atoms with Crippen molar-refractivity contribution in [1.82, 2.24) is 4.31 Å². The summed E-state index contributed by atoms with van der Waals surface area (Å²) in [7, 11) is -2.65. The molecule has 1 amide bonds. The van der Waals surface area contributed by atoms with E-state index in [9.17, 15) is 17.6 Å². The molecule has 0 unspecified atom stereocenters. The van der Waals surface area contributed by atoms with Gasteiger partial charge in [-0.15, -0.1) is 0 Å². The molecule has 1 atom stereocenters. The normalized spacial score (nSPS) is 17.3. The lowest BCUT2D eigenvalue weighted by atomic mass is 9.98. The Kier molecular flexibility index (Phi) is 7.67. The van der Waals surface area contributed by atoms with Gasteiger partial charge in [-0.25, -0.2) is 12.8 Å². The van der Waals surface area contributed by atoms with Gasteiger partial charge in [0.25, 0.3) is 0 Å². The summed E-state index contributed by atoms with van der Waals surface area (Å²) in [6, 6.07) is 11.1. The predicted molar refractivity (Wildman–Crippen MR) is 118 cm³/mol. The molecule has 2 aromatic carbocycles. The van der Waals surface area contributed by atoms with Gasteiger partial charge in [0.15, 0.2) is 0 Å². The first-order valence-electron chi connectivity index (χ1n) is 10.6. The zero-order valence-electron chi connectivity index (χ0n) is 17.9. The maximum Gasteiger partial charge on any atom is 0.246 e. The van der Waals surface area contributed by atoms with Crippen LogP contribution < -0.4 is 10.1 Å². The first-order valence-corrected chi connectivity index (χ1v) is 12.0. The number of carbonyl (C=O) groups excluding carboxylic acids is 1. The molecule has 1 aliphatic heterocycles. The Labute approximate surface area is 183 Å². The summed E-state index contributed by atoms with van der Waals surface area (Å²) in [5.41, 5.74) is 1.91. The number of hydrogen-bond acceptors (Lipinski definition) is 4. The van der Waals surface area contributed by atoms with Crippen molar-refractivity contribution in [1.29, 1.82) is 0 Å². The average molecular weight is 449 g/mol. The lowest BCUT2D eigenvalue weighted by Crippen LogP contribution is -2.43. The van der Waals surface area contributed by atoms with Gasteiger partial charge < -0.3 is 10.1 Å². The number of sulfonamides is 1.